The highest BCUT2D eigenvalue weighted by molar-refractivity contribution is 8.09. The first-order chi connectivity index (χ1) is 15.0. The molecule has 1 aliphatic carbocycles. The molecule has 2 unspecified atom stereocenters. The maximum Gasteiger partial charge on any atom is 0.328 e. The molecule has 1 aliphatic heterocycles. The molecule has 31 heavy (non-hydrogen) atoms. The lowest BCUT2D eigenvalue weighted by Gasteiger charge is -2.25. The van der Waals surface area contributed by atoms with E-state index in [4.69, 9.17) is 9.84 Å². The zero-order valence-corrected chi connectivity index (χ0v) is 17.7. The van der Waals surface area contributed by atoms with E-state index >= 15 is 0 Å². The maximum atomic E-state index is 10.7. The van der Waals surface area contributed by atoms with Crippen LogP contribution in [-0.2, 0) is 4.79 Å². The minimum atomic E-state index is -0.995. The average Bonchev–Trinajstić information content (AvgIpc) is 3.12. The number of benzene rings is 2. The van der Waals surface area contributed by atoms with Gasteiger partial charge in [0.05, 0.1) is 10.8 Å². The van der Waals surface area contributed by atoms with Gasteiger partial charge in [-0.05, 0) is 59.5 Å². The Kier molecular flexibility index (Phi) is 5.91. The van der Waals surface area contributed by atoms with Crippen LogP contribution in [0.25, 0.3) is 11.0 Å². The predicted molar refractivity (Wildman–Crippen MR) is 123 cm³/mol. The Morgan fingerprint density at radius 3 is 2.45 bits per heavy atom. The lowest BCUT2D eigenvalue weighted by atomic mass is 9.89. The lowest BCUT2D eigenvalue weighted by molar-refractivity contribution is -0.131. The molecule has 0 fully saturated rings. The van der Waals surface area contributed by atoms with Gasteiger partial charge in [0.2, 0.25) is 0 Å². The second-order valence-electron chi connectivity index (χ2n) is 7.27. The number of thioether (sulfide) groups is 1. The second-order valence-corrected chi connectivity index (χ2v) is 8.42. The van der Waals surface area contributed by atoms with Crippen LogP contribution in [-0.4, -0.2) is 26.5 Å². The summed E-state index contributed by atoms with van der Waals surface area (Å²) in [5.74, 6) is 0.937. The Labute approximate surface area is 184 Å². The standard InChI is InChI=1S/C25H22O5S/c1-2-19-21(27)13-12-20-23(24(31-25(19)20)16-6-8-17(26)9-7-16)30-18-10-3-15(4-11-18)5-14-22(28)29/h3-14,20,25-27H,2H2,1H3,(H,28,29)/b14-5+. The Bertz CT molecular complexity index is 1110. The number of rotatable bonds is 6. The molecule has 5 nitrogen and oxygen atoms in total. The van der Waals surface area contributed by atoms with Crippen molar-refractivity contribution in [3.05, 3.63) is 95.0 Å². The molecule has 0 saturated carbocycles. The first-order valence-corrected chi connectivity index (χ1v) is 10.8. The molecule has 0 amide bonds. The van der Waals surface area contributed by atoms with E-state index in [1.54, 1.807) is 42.1 Å². The molecule has 2 atom stereocenters. The number of hydrogen-bond donors (Lipinski definition) is 3. The molecule has 0 bridgehead atoms. The van der Waals surface area contributed by atoms with Crippen LogP contribution in [0.3, 0.4) is 0 Å². The van der Waals surface area contributed by atoms with Crippen LogP contribution in [0.15, 0.2) is 83.9 Å². The van der Waals surface area contributed by atoms with Gasteiger partial charge in [0.25, 0.3) is 0 Å². The number of phenols is 1. The third kappa shape index (κ3) is 4.39. The number of aromatic hydroxyl groups is 1. The van der Waals surface area contributed by atoms with Gasteiger partial charge in [-0.1, -0.05) is 37.3 Å². The van der Waals surface area contributed by atoms with E-state index in [1.165, 1.54) is 6.08 Å². The smallest absolute Gasteiger partial charge is 0.328 e. The molecule has 2 aromatic carbocycles. The van der Waals surface area contributed by atoms with Gasteiger partial charge in [-0.3, -0.25) is 0 Å². The molecule has 0 aromatic heterocycles. The fourth-order valence-electron chi connectivity index (χ4n) is 3.73. The number of ether oxygens (including phenoxy) is 1. The van der Waals surface area contributed by atoms with Crippen molar-refractivity contribution in [1.29, 1.82) is 0 Å². The SMILES string of the molecule is CCC1=C(O)C=CC2C(Oc3ccc(/C=C/C(=O)O)cc3)=C(c3ccc(O)cc3)SC12. The zero-order valence-electron chi connectivity index (χ0n) is 16.9. The zero-order chi connectivity index (χ0) is 22.0. The first kappa shape index (κ1) is 20.9. The molecule has 158 valence electrons. The molecule has 4 rings (SSSR count). The summed E-state index contributed by atoms with van der Waals surface area (Å²) >= 11 is 1.66. The summed E-state index contributed by atoms with van der Waals surface area (Å²) in [6, 6.07) is 14.2. The van der Waals surface area contributed by atoms with Gasteiger partial charge in [0, 0.05) is 11.3 Å². The molecule has 0 spiro atoms. The summed E-state index contributed by atoms with van der Waals surface area (Å²) in [6.45, 7) is 2.03. The summed E-state index contributed by atoms with van der Waals surface area (Å²) in [6.07, 6.45) is 7.07. The van der Waals surface area contributed by atoms with Crippen LogP contribution >= 0.6 is 11.8 Å². The Hall–Kier alpha value is -3.38. The van der Waals surface area contributed by atoms with E-state index < -0.39 is 5.97 Å². The summed E-state index contributed by atoms with van der Waals surface area (Å²) in [7, 11) is 0. The number of carboxylic acid groups (broad SMARTS) is 1. The molecular formula is C25H22O5S. The second kappa shape index (κ2) is 8.78. The summed E-state index contributed by atoms with van der Waals surface area (Å²) in [5, 5.41) is 28.9. The molecule has 6 heteroatoms. The first-order valence-electron chi connectivity index (χ1n) is 9.95. The van der Waals surface area contributed by atoms with Crippen molar-refractivity contribution in [3.8, 4) is 11.5 Å². The number of aliphatic hydroxyl groups is 1. The van der Waals surface area contributed by atoms with E-state index in [9.17, 15) is 15.0 Å². The highest BCUT2D eigenvalue weighted by Gasteiger charge is 2.40. The van der Waals surface area contributed by atoms with Crippen LogP contribution in [0.2, 0.25) is 0 Å². The van der Waals surface area contributed by atoms with Gasteiger partial charge in [-0.2, -0.15) is 0 Å². The molecule has 2 aromatic rings. The third-order valence-corrected chi connectivity index (χ3v) is 6.77. The van der Waals surface area contributed by atoms with Gasteiger partial charge in [-0.15, -0.1) is 11.8 Å². The Balaban J connectivity index is 1.69. The van der Waals surface area contributed by atoms with Gasteiger partial charge < -0.3 is 20.1 Å². The van der Waals surface area contributed by atoms with Crippen molar-refractivity contribution in [2.75, 3.05) is 0 Å². The number of allylic oxidation sites excluding steroid dienone is 2. The molecule has 0 saturated heterocycles. The Morgan fingerprint density at radius 2 is 1.81 bits per heavy atom. The number of carboxylic acids is 1. The number of hydrogen-bond acceptors (Lipinski definition) is 5. The number of fused-ring (bicyclic) bond motifs is 1. The lowest BCUT2D eigenvalue weighted by Crippen LogP contribution is -2.21. The van der Waals surface area contributed by atoms with Crippen molar-refractivity contribution in [3.63, 3.8) is 0 Å². The predicted octanol–water partition coefficient (Wildman–Crippen LogP) is 5.76. The number of aliphatic carboxylic acids is 1. The van der Waals surface area contributed by atoms with Crippen LogP contribution in [0, 0.1) is 5.92 Å². The van der Waals surface area contributed by atoms with Crippen LogP contribution < -0.4 is 4.74 Å². The van der Waals surface area contributed by atoms with Crippen LogP contribution in [0.4, 0.5) is 0 Å². The van der Waals surface area contributed by atoms with E-state index in [0.29, 0.717) is 11.5 Å². The molecule has 0 radical (unpaired) electrons. The van der Waals surface area contributed by atoms with Crippen molar-refractivity contribution in [2.24, 2.45) is 5.92 Å². The summed E-state index contributed by atoms with van der Waals surface area (Å²) < 4.78 is 6.35. The van der Waals surface area contributed by atoms with Gasteiger partial charge in [-0.25, -0.2) is 4.79 Å². The molecular weight excluding hydrogens is 412 g/mol. The third-order valence-electron chi connectivity index (χ3n) is 5.27. The largest absolute Gasteiger partial charge is 0.508 e. The van der Waals surface area contributed by atoms with Crippen LogP contribution in [0.5, 0.6) is 11.5 Å². The van der Waals surface area contributed by atoms with E-state index in [1.807, 2.05) is 37.3 Å². The fraction of sp³-hybridized carbons (Fsp3) is 0.160. The van der Waals surface area contributed by atoms with Gasteiger partial charge in [0.1, 0.15) is 23.0 Å². The number of aliphatic hydroxyl groups excluding tert-OH is 1. The van der Waals surface area contributed by atoms with E-state index in [-0.39, 0.29) is 16.9 Å². The Morgan fingerprint density at radius 1 is 1.10 bits per heavy atom. The van der Waals surface area contributed by atoms with Crippen molar-refractivity contribution < 1.29 is 24.9 Å². The summed E-state index contributed by atoms with van der Waals surface area (Å²) in [4.78, 5) is 11.7. The van der Waals surface area contributed by atoms with Gasteiger partial charge in [0.15, 0.2) is 0 Å². The topological polar surface area (TPSA) is 87.0 Å². The normalized spacial score (nSPS) is 20.4. The van der Waals surface area contributed by atoms with E-state index in [2.05, 4.69) is 0 Å². The molecule has 1 heterocycles. The highest BCUT2D eigenvalue weighted by atomic mass is 32.2. The van der Waals surface area contributed by atoms with Crippen molar-refractivity contribution in [2.45, 2.75) is 18.6 Å². The quantitative estimate of drug-likeness (QED) is 0.501. The number of carbonyl (C=O) groups is 1. The monoisotopic (exact) mass is 434 g/mol. The van der Waals surface area contributed by atoms with Crippen molar-refractivity contribution >= 4 is 28.7 Å². The van der Waals surface area contributed by atoms with Crippen molar-refractivity contribution in [1.82, 2.24) is 0 Å². The minimum Gasteiger partial charge on any atom is -0.508 e. The average molecular weight is 435 g/mol. The minimum absolute atomic E-state index is 0.0220. The maximum absolute atomic E-state index is 10.7. The van der Waals surface area contributed by atoms with E-state index in [0.717, 1.165) is 39.9 Å². The number of phenolic OH excluding ortho intramolecular Hbond substituents is 1. The molecule has 3 N–H and O–H groups in total. The van der Waals surface area contributed by atoms with Crippen LogP contribution in [0.1, 0.15) is 24.5 Å². The summed E-state index contributed by atoms with van der Waals surface area (Å²) in [5.41, 5.74) is 2.69. The van der Waals surface area contributed by atoms with Gasteiger partial charge >= 0.3 is 5.97 Å². The fourth-order valence-corrected chi connectivity index (χ4v) is 5.34. The highest BCUT2D eigenvalue weighted by Crippen LogP contribution is 2.53. The molecule has 2 aliphatic rings.